The van der Waals surface area contributed by atoms with E-state index in [1.165, 1.54) is 0 Å². The molecule has 0 aromatic carbocycles. The number of aromatic amines is 1. The number of fused-ring (bicyclic) bond motifs is 1. The molecule has 2 saturated heterocycles. The van der Waals surface area contributed by atoms with Crippen LogP contribution in [0.5, 0.6) is 0 Å². The average molecular weight is 416 g/mol. The average Bonchev–Trinajstić information content (AvgIpc) is 3.30. The SMILES string of the molecule is Nc1nc2c(c(=O)[nH]1)N=C[N+]2([C@@H]1O[C@H](CO)[C@H](O)[C@H]1O)[C@@H]1O[C@H](CO)[C@@H](O)[C@H]1O. The molecule has 0 bridgehead atoms. The minimum Gasteiger partial charge on any atom is -0.394 e. The van der Waals surface area contributed by atoms with Crippen molar-refractivity contribution in [2.75, 3.05) is 18.9 Å². The third-order valence-electron chi connectivity index (χ3n) is 5.52. The van der Waals surface area contributed by atoms with Crippen LogP contribution in [0.3, 0.4) is 0 Å². The van der Waals surface area contributed by atoms with Gasteiger partial charge < -0.3 is 45.8 Å². The van der Waals surface area contributed by atoms with Gasteiger partial charge in [0, 0.05) is 0 Å². The molecule has 1 aromatic rings. The summed E-state index contributed by atoms with van der Waals surface area (Å²) in [5, 5.41) is 60.6. The molecular formula is C15H22N5O9+. The fourth-order valence-electron chi connectivity index (χ4n) is 4.05. The summed E-state index contributed by atoms with van der Waals surface area (Å²) in [4.78, 5) is 22.7. The van der Waals surface area contributed by atoms with Gasteiger partial charge in [-0.25, -0.2) is 0 Å². The zero-order valence-corrected chi connectivity index (χ0v) is 14.9. The smallest absolute Gasteiger partial charge is 0.284 e. The predicted octanol–water partition coefficient (Wildman–Crippen LogP) is -4.79. The molecule has 160 valence electrons. The maximum atomic E-state index is 12.3. The summed E-state index contributed by atoms with van der Waals surface area (Å²) in [7, 11) is 0. The van der Waals surface area contributed by atoms with E-state index >= 15 is 0 Å². The van der Waals surface area contributed by atoms with E-state index < -0.39 is 72.3 Å². The van der Waals surface area contributed by atoms with E-state index in [1.54, 1.807) is 0 Å². The first kappa shape index (κ1) is 20.3. The molecule has 14 heteroatoms. The number of hydrogen-bond acceptors (Lipinski definition) is 12. The Balaban J connectivity index is 1.90. The molecule has 1 aromatic heterocycles. The van der Waals surface area contributed by atoms with Crippen LogP contribution in [0.2, 0.25) is 0 Å². The number of aliphatic hydroxyl groups is 6. The lowest BCUT2D eigenvalue weighted by molar-refractivity contribution is -0.147. The van der Waals surface area contributed by atoms with E-state index in [1.807, 2.05) is 0 Å². The molecular weight excluding hydrogens is 394 g/mol. The number of quaternary nitrogens is 1. The summed E-state index contributed by atoms with van der Waals surface area (Å²) in [6, 6.07) is 0. The minimum absolute atomic E-state index is 0.157. The van der Waals surface area contributed by atoms with Gasteiger partial charge in [0.25, 0.3) is 11.4 Å². The first-order valence-corrected chi connectivity index (χ1v) is 8.84. The third-order valence-corrected chi connectivity index (χ3v) is 5.52. The lowest BCUT2D eigenvalue weighted by Crippen LogP contribution is -2.68. The first-order valence-electron chi connectivity index (χ1n) is 8.84. The van der Waals surface area contributed by atoms with Crippen molar-refractivity contribution < 1.29 is 40.1 Å². The van der Waals surface area contributed by atoms with Gasteiger partial charge in [0.15, 0.2) is 12.2 Å². The Bertz CT molecular complexity index is 848. The van der Waals surface area contributed by atoms with Crippen LogP contribution in [-0.2, 0) is 9.47 Å². The van der Waals surface area contributed by atoms with Gasteiger partial charge in [0.05, 0.1) is 13.2 Å². The highest BCUT2D eigenvalue weighted by Crippen LogP contribution is 2.45. The predicted molar refractivity (Wildman–Crippen MR) is 94.7 cm³/mol. The molecule has 3 aliphatic heterocycles. The van der Waals surface area contributed by atoms with Crippen molar-refractivity contribution >= 4 is 23.8 Å². The van der Waals surface area contributed by atoms with Gasteiger partial charge in [-0.15, -0.1) is 0 Å². The molecule has 9 N–H and O–H groups in total. The second kappa shape index (κ2) is 7.05. The number of rotatable bonds is 4. The maximum Gasteiger partial charge on any atom is 0.284 e. The number of nitrogens with two attached hydrogens (primary N) is 1. The van der Waals surface area contributed by atoms with E-state index in [9.17, 15) is 35.4 Å². The minimum atomic E-state index is -1.62. The number of nitrogens with zero attached hydrogens (tertiary/aromatic N) is 3. The molecule has 9 atom stereocenters. The van der Waals surface area contributed by atoms with Gasteiger partial charge >= 0.3 is 0 Å². The molecule has 3 aliphatic rings. The highest BCUT2D eigenvalue weighted by atomic mass is 16.6. The Morgan fingerprint density at radius 1 is 1.00 bits per heavy atom. The summed E-state index contributed by atoms with van der Waals surface area (Å²) in [5.41, 5.74) is 4.76. The van der Waals surface area contributed by atoms with Gasteiger partial charge in [0.2, 0.25) is 30.4 Å². The largest absolute Gasteiger partial charge is 0.394 e. The van der Waals surface area contributed by atoms with Crippen LogP contribution >= 0.6 is 0 Å². The van der Waals surface area contributed by atoms with E-state index in [-0.39, 0.29) is 17.5 Å². The number of aromatic nitrogens is 2. The molecule has 0 amide bonds. The van der Waals surface area contributed by atoms with Gasteiger partial charge in [-0.05, 0) is 0 Å². The van der Waals surface area contributed by atoms with Crippen LogP contribution in [0.15, 0.2) is 9.79 Å². The number of nitrogens with one attached hydrogen (secondary N) is 1. The molecule has 29 heavy (non-hydrogen) atoms. The van der Waals surface area contributed by atoms with Crippen molar-refractivity contribution in [2.24, 2.45) is 4.99 Å². The van der Waals surface area contributed by atoms with Crippen LogP contribution in [0.4, 0.5) is 17.5 Å². The van der Waals surface area contributed by atoms with Crippen LogP contribution in [0.25, 0.3) is 0 Å². The van der Waals surface area contributed by atoms with Crippen molar-refractivity contribution in [2.45, 2.75) is 49.1 Å². The highest BCUT2D eigenvalue weighted by Gasteiger charge is 2.66. The molecule has 4 rings (SSSR count). The van der Waals surface area contributed by atoms with Crippen molar-refractivity contribution in [3.8, 4) is 0 Å². The lowest BCUT2D eigenvalue weighted by Gasteiger charge is -2.40. The van der Waals surface area contributed by atoms with Crippen LogP contribution < -0.4 is 15.8 Å². The molecule has 14 nitrogen and oxygen atoms in total. The standard InChI is InChI=1S/C15H21N5O9/c16-15-18-11-6(12(27)19-15)17-3-20(11,13-9(25)7(23)4(1-21)28-13)14-10(26)8(24)5(2-22)29-14/h3-5,7-10,13-14,21-26H,1-2H2,(H2-,16,18,19,27)/p+1/t4-,5-,7-,8+,9-,10-,13-,14-,20?/m1/s1. The molecule has 4 heterocycles. The quantitative estimate of drug-likeness (QED) is 0.217. The van der Waals surface area contributed by atoms with Crippen molar-refractivity contribution in [1.29, 1.82) is 0 Å². The van der Waals surface area contributed by atoms with Crippen molar-refractivity contribution in [3.05, 3.63) is 10.4 Å². The van der Waals surface area contributed by atoms with E-state index in [4.69, 9.17) is 15.2 Å². The van der Waals surface area contributed by atoms with Crippen LogP contribution in [-0.4, -0.2) is 109 Å². The van der Waals surface area contributed by atoms with Gasteiger partial charge in [-0.1, -0.05) is 0 Å². The second-order valence-corrected chi connectivity index (χ2v) is 7.16. The van der Waals surface area contributed by atoms with Gasteiger partial charge in [-0.3, -0.25) is 9.78 Å². The molecule has 0 aliphatic carbocycles. The molecule has 0 saturated carbocycles. The summed E-state index contributed by atoms with van der Waals surface area (Å²) in [6.07, 6.45) is -10.4. The number of nitrogen functional groups attached to an aromatic ring is 1. The zero-order valence-electron chi connectivity index (χ0n) is 14.9. The Morgan fingerprint density at radius 2 is 1.52 bits per heavy atom. The Hall–Kier alpha value is -2.01. The zero-order chi connectivity index (χ0) is 21.1. The monoisotopic (exact) mass is 416 g/mol. The summed E-state index contributed by atoms with van der Waals surface area (Å²) in [5.74, 6) is -0.448. The van der Waals surface area contributed by atoms with E-state index in [2.05, 4.69) is 15.0 Å². The number of aliphatic hydroxyl groups excluding tert-OH is 6. The number of ether oxygens (including phenoxy) is 2. The number of H-pyrrole nitrogens is 1. The summed E-state index contributed by atoms with van der Waals surface area (Å²) < 4.78 is 10.4. The number of aliphatic imine (C=N–C) groups is 1. The number of hydrogen-bond donors (Lipinski definition) is 8. The molecule has 0 spiro atoms. The molecule has 1 unspecified atom stereocenters. The maximum absolute atomic E-state index is 12.3. The Labute approximate surface area is 162 Å². The van der Waals surface area contributed by atoms with E-state index in [0.717, 1.165) is 6.34 Å². The molecule has 2 fully saturated rings. The summed E-state index contributed by atoms with van der Waals surface area (Å²) >= 11 is 0. The number of anilines is 1. The Kier molecular flexibility index (Phi) is 4.93. The second-order valence-electron chi connectivity index (χ2n) is 7.16. The third kappa shape index (κ3) is 2.73. The van der Waals surface area contributed by atoms with Crippen LogP contribution in [0, 0.1) is 0 Å². The van der Waals surface area contributed by atoms with Crippen molar-refractivity contribution in [1.82, 2.24) is 14.5 Å². The lowest BCUT2D eigenvalue weighted by atomic mass is 10.1. The fraction of sp³-hybridized carbons (Fsp3) is 0.667. The van der Waals surface area contributed by atoms with Gasteiger partial charge in [-0.2, -0.15) is 14.5 Å². The fourth-order valence-corrected chi connectivity index (χ4v) is 4.05. The summed E-state index contributed by atoms with van der Waals surface area (Å²) in [6.45, 7) is -1.25. The Morgan fingerprint density at radius 3 is 1.97 bits per heavy atom. The van der Waals surface area contributed by atoms with Crippen molar-refractivity contribution in [3.63, 3.8) is 0 Å². The normalized spacial score (nSPS) is 43.8. The molecule has 0 radical (unpaired) electrons. The van der Waals surface area contributed by atoms with E-state index in [0.29, 0.717) is 0 Å². The topological polar surface area (TPSA) is 224 Å². The highest BCUT2D eigenvalue weighted by molar-refractivity contribution is 5.87. The van der Waals surface area contributed by atoms with Crippen LogP contribution in [0.1, 0.15) is 0 Å². The van der Waals surface area contributed by atoms with Gasteiger partial charge in [0.1, 0.15) is 24.4 Å². The first-order chi connectivity index (χ1) is 13.8.